The van der Waals surface area contributed by atoms with Crippen molar-refractivity contribution in [2.24, 2.45) is 0 Å². The molecule has 19 heteroatoms. The number of rotatable bonds is 9. The summed E-state index contributed by atoms with van der Waals surface area (Å²) in [6.07, 6.45) is 3.70. The Hall–Kier alpha value is -5.85. The van der Waals surface area contributed by atoms with Crippen LogP contribution in [0.5, 0.6) is 0 Å². The van der Waals surface area contributed by atoms with E-state index >= 15 is 0 Å². The summed E-state index contributed by atoms with van der Waals surface area (Å²) in [5, 5.41) is 9.59. The van der Waals surface area contributed by atoms with Crippen LogP contribution in [0.4, 0.5) is 44.1 Å². The van der Waals surface area contributed by atoms with Gasteiger partial charge in [0.25, 0.3) is 5.91 Å². The van der Waals surface area contributed by atoms with Crippen LogP contribution in [0, 0.1) is 18.6 Å². The van der Waals surface area contributed by atoms with E-state index in [1.807, 2.05) is 17.4 Å². The Bertz CT molecular complexity index is 2310. The first-order chi connectivity index (χ1) is 28.6. The lowest BCUT2D eigenvalue weighted by atomic mass is 9.88. The lowest BCUT2D eigenvalue weighted by Crippen LogP contribution is -2.52. The molecule has 60 heavy (non-hydrogen) atoms. The zero-order chi connectivity index (χ0) is 42.5. The summed E-state index contributed by atoms with van der Waals surface area (Å²) in [7, 11) is 2.18. The molecule has 0 bridgehead atoms. The SMILES string of the molecule is Cc1c([C@@H](NC(=O)Nc2cnc(NC3CCC(N(C)C4CCN(c5ccc6c(c5)CN(C5CCC(=O)NC5=O)C6=O)CC4)CC3)nc2)C(F)(F)F)oc2c(F)cc(F)cc12. The molecule has 4 aliphatic rings. The van der Waals surface area contributed by atoms with Crippen molar-refractivity contribution in [3.63, 3.8) is 0 Å². The number of hydrogen-bond donors (Lipinski definition) is 4. The van der Waals surface area contributed by atoms with Crippen molar-refractivity contribution >= 4 is 52.0 Å². The molecular formula is C41H44F5N9O5. The molecule has 1 saturated carbocycles. The zero-order valence-corrected chi connectivity index (χ0v) is 32.9. The van der Waals surface area contributed by atoms with Gasteiger partial charge in [-0.05, 0) is 88.7 Å². The number of amides is 5. The van der Waals surface area contributed by atoms with Crippen molar-refractivity contribution in [1.29, 1.82) is 0 Å². The Morgan fingerprint density at radius 1 is 0.967 bits per heavy atom. The Kier molecular flexibility index (Phi) is 11.1. The van der Waals surface area contributed by atoms with Gasteiger partial charge in [0.1, 0.15) is 17.6 Å². The minimum atomic E-state index is -5.03. The van der Waals surface area contributed by atoms with Gasteiger partial charge in [0, 0.05) is 72.4 Å². The molecule has 5 heterocycles. The number of carbonyl (C=O) groups excluding carboxylic acids is 4. The number of alkyl halides is 3. The molecule has 2 atom stereocenters. The first-order valence-electron chi connectivity index (χ1n) is 20.0. The number of benzene rings is 2. The molecule has 4 aromatic rings. The number of carbonyl (C=O) groups is 4. The smallest absolute Gasteiger partial charge is 0.416 e. The molecule has 2 aromatic heterocycles. The molecule has 4 N–H and O–H groups in total. The minimum Gasteiger partial charge on any atom is -0.455 e. The predicted molar refractivity (Wildman–Crippen MR) is 209 cm³/mol. The summed E-state index contributed by atoms with van der Waals surface area (Å²) in [6, 6.07) is 3.63. The van der Waals surface area contributed by atoms with Gasteiger partial charge >= 0.3 is 12.2 Å². The van der Waals surface area contributed by atoms with E-state index in [9.17, 15) is 41.1 Å². The van der Waals surface area contributed by atoms with Crippen LogP contribution in [0.25, 0.3) is 11.0 Å². The standard InChI is InChI=1S/C41H44F5N9O5/c1-21-30-16-23(42)17-31(43)35(30)60-34(21)36(41(44,45)46)52-40(59)50-25-18-47-39(48-19-25)49-24-3-5-26(6-4-24)53(2)27-11-13-54(14-12-27)28-7-8-29-22(15-28)20-55(38(29)58)32-9-10-33(56)51-37(32)57/h7-8,15-19,24,26-27,32,36H,3-6,9-14,20H2,1-2H3,(H,47,48,49)(H2,50,52,59)(H,51,56,57)/t24?,26?,32?,36-/m1/s1. The normalized spacial score (nSPS) is 21.9. The summed E-state index contributed by atoms with van der Waals surface area (Å²) < 4.78 is 75.4. The van der Waals surface area contributed by atoms with Crippen molar-refractivity contribution in [3.8, 4) is 0 Å². The molecule has 318 valence electrons. The number of halogens is 5. The first-order valence-corrected chi connectivity index (χ1v) is 20.0. The van der Waals surface area contributed by atoms with Gasteiger partial charge in [0.2, 0.25) is 17.8 Å². The highest BCUT2D eigenvalue weighted by Crippen LogP contribution is 2.40. The monoisotopic (exact) mass is 837 g/mol. The van der Waals surface area contributed by atoms with Gasteiger partial charge < -0.3 is 35.1 Å². The average Bonchev–Trinajstić information content (AvgIpc) is 3.72. The third-order valence-corrected chi connectivity index (χ3v) is 12.3. The maximum absolute atomic E-state index is 14.2. The van der Waals surface area contributed by atoms with Gasteiger partial charge in [0.15, 0.2) is 17.4 Å². The van der Waals surface area contributed by atoms with Gasteiger partial charge in [-0.25, -0.2) is 23.5 Å². The quantitative estimate of drug-likeness (QED) is 0.111. The maximum atomic E-state index is 14.2. The number of fused-ring (bicyclic) bond motifs is 2. The second-order valence-corrected chi connectivity index (χ2v) is 16.0. The number of anilines is 3. The van der Waals surface area contributed by atoms with Gasteiger partial charge in [-0.1, -0.05) is 0 Å². The molecule has 1 aliphatic carbocycles. The molecule has 14 nitrogen and oxygen atoms in total. The van der Waals surface area contributed by atoms with Crippen LogP contribution in [0.2, 0.25) is 0 Å². The number of aromatic nitrogens is 2. The van der Waals surface area contributed by atoms with Crippen molar-refractivity contribution in [3.05, 3.63) is 76.8 Å². The van der Waals surface area contributed by atoms with E-state index in [4.69, 9.17) is 4.42 Å². The number of urea groups is 1. The number of hydrogen-bond acceptors (Lipinski definition) is 10. The fourth-order valence-corrected chi connectivity index (χ4v) is 9.00. The molecule has 3 fully saturated rings. The van der Waals surface area contributed by atoms with Crippen LogP contribution in [-0.2, 0) is 16.1 Å². The van der Waals surface area contributed by atoms with E-state index in [-0.39, 0.29) is 40.9 Å². The number of aryl methyl sites for hydroxylation is 1. The fourth-order valence-electron chi connectivity index (χ4n) is 9.00. The lowest BCUT2D eigenvalue weighted by Gasteiger charge is -2.43. The highest BCUT2D eigenvalue weighted by Gasteiger charge is 2.46. The van der Waals surface area contributed by atoms with Gasteiger partial charge in [0.05, 0.1) is 18.1 Å². The van der Waals surface area contributed by atoms with Crippen LogP contribution in [0.15, 0.2) is 47.1 Å². The third-order valence-electron chi connectivity index (χ3n) is 12.3. The van der Waals surface area contributed by atoms with E-state index < -0.39 is 53.2 Å². The van der Waals surface area contributed by atoms with Crippen molar-refractivity contribution < 1.29 is 45.5 Å². The van der Waals surface area contributed by atoms with Gasteiger partial charge in [-0.2, -0.15) is 13.2 Å². The lowest BCUT2D eigenvalue weighted by molar-refractivity contribution is -0.158. The Morgan fingerprint density at radius 2 is 1.67 bits per heavy atom. The van der Waals surface area contributed by atoms with Gasteiger partial charge in [-0.15, -0.1) is 0 Å². The zero-order valence-electron chi connectivity index (χ0n) is 32.9. The maximum Gasteiger partial charge on any atom is 0.416 e. The molecule has 2 saturated heterocycles. The second-order valence-electron chi connectivity index (χ2n) is 16.0. The Labute approximate surface area is 341 Å². The van der Waals surface area contributed by atoms with Crippen molar-refractivity contribution in [1.82, 2.24) is 30.4 Å². The summed E-state index contributed by atoms with van der Waals surface area (Å²) in [6.45, 7) is 3.30. The molecular weight excluding hydrogens is 793 g/mol. The molecule has 1 unspecified atom stereocenters. The van der Waals surface area contributed by atoms with Crippen LogP contribution in [-0.4, -0.2) is 94.0 Å². The minimum absolute atomic E-state index is 0.0347. The topological polar surface area (TPSA) is 165 Å². The highest BCUT2D eigenvalue weighted by atomic mass is 19.4. The number of furan rings is 1. The van der Waals surface area contributed by atoms with E-state index in [1.165, 1.54) is 19.3 Å². The van der Waals surface area contributed by atoms with Crippen LogP contribution >= 0.6 is 0 Å². The Balaban J connectivity index is 0.788. The van der Waals surface area contributed by atoms with E-state index in [1.54, 1.807) is 4.90 Å². The molecule has 0 radical (unpaired) electrons. The largest absolute Gasteiger partial charge is 0.455 e. The van der Waals surface area contributed by atoms with Crippen LogP contribution in [0.1, 0.15) is 84.7 Å². The molecule has 8 rings (SSSR count). The van der Waals surface area contributed by atoms with E-state index in [0.717, 1.165) is 68.9 Å². The predicted octanol–water partition coefficient (Wildman–Crippen LogP) is 6.32. The molecule has 5 amide bonds. The van der Waals surface area contributed by atoms with Crippen LogP contribution in [0.3, 0.4) is 0 Å². The molecule has 2 aromatic carbocycles. The molecule has 0 spiro atoms. The summed E-state index contributed by atoms with van der Waals surface area (Å²) >= 11 is 0. The highest BCUT2D eigenvalue weighted by molar-refractivity contribution is 6.05. The fraction of sp³-hybridized carbons (Fsp3) is 0.463. The van der Waals surface area contributed by atoms with Crippen molar-refractivity contribution in [2.45, 2.75) is 101 Å². The summed E-state index contributed by atoms with van der Waals surface area (Å²) in [4.78, 5) is 64.8. The van der Waals surface area contributed by atoms with Crippen molar-refractivity contribution in [2.75, 3.05) is 35.7 Å². The van der Waals surface area contributed by atoms with E-state index in [2.05, 4.69) is 48.8 Å². The summed E-state index contributed by atoms with van der Waals surface area (Å²) in [5.74, 6) is -3.52. The van der Waals surface area contributed by atoms with Crippen LogP contribution < -0.4 is 26.2 Å². The first kappa shape index (κ1) is 40.9. The number of imide groups is 1. The number of piperidine rings is 2. The number of nitrogens with zero attached hydrogens (tertiary/aromatic N) is 5. The number of nitrogens with one attached hydrogen (secondary N) is 4. The Morgan fingerprint density at radius 3 is 2.35 bits per heavy atom. The summed E-state index contributed by atoms with van der Waals surface area (Å²) in [5.41, 5.74) is 1.87. The molecule has 3 aliphatic heterocycles. The van der Waals surface area contributed by atoms with E-state index in [0.29, 0.717) is 42.6 Å². The average molecular weight is 838 g/mol. The third kappa shape index (κ3) is 8.31. The van der Waals surface area contributed by atoms with Gasteiger partial charge in [-0.3, -0.25) is 19.7 Å². The second kappa shape index (κ2) is 16.3.